The Bertz CT molecular complexity index is 628. The number of benzene rings is 1. The van der Waals surface area contributed by atoms with Crippen LogP contribution in [0.25, 0.3) is 0 Å². The number of nitrogens with one attached hydrogen (secondary N) is 1. The number of nitrogens with two attached hydrogens (primary N) is 1. The zero-order chi connectivity index (χ0) is 19.0. The molecule has 0 aliphatic rings. The van der Waals surface area contributed by atoms with Gasteiger partial charge >= 0.3 is 12.1 Å². The molecule has 1 unspecified atom stereocenters. The Morgan fingerprint density at radius 3 is 2.56 bits per heavy atom. The van der Waals surface area contributed by atoms with Crippen LogP contribution in [0.2, 0.25) is 0 Å². The lowest BCUT2D eigenvalue weighted by Crippen LogP contribution is -2.43. The third-order valence-electron chi connectivity index (χ3n) is 3.02. The van der Waals surface area contributed by atoms with Gasteiger partial charge in [-0.3, -0.25) is 4.79 Å². The highest BCUT2D eigenvalue weighted by molar-refractivity contribution is 7.98. The van der Waals surface area contributed by atoms with Crippen molar-refractivity contribution < 1.29 is 24.2 Å². The van der Waals surface area contributed by atoms with Crippen molar-refractivity contribution in [1.82, 2.24) is 5.32 Å². The zero-order valence-corrected chi connectivity index (χ0v) is 15.4. The second-order valence-corrected chi connectivity index (χ2v) is 7.55. The fourth-order valence-corrected chi connectivity index (χ4v) is 2.87. The van der Waals surface area contributed by atoms with Crippen LogP contribution in [0.4, 0.5) is 4.79 Å². The minimum absolute atomic E-state index is 0.259. The summed E-state index contributed by atoms with van der Waals surface area (Å²) in [6, 6.07) is 5.96. The highest BCUT2D eigenvalue weighted by Crippen LogP contribution is 2.16. The Hall–Kier alpha value is -2.22. The van der Waals surface area contributed by atoms with Crippen LogP contribution >= 0.6 is 11.8 Å². The van der Waals surface area contributed by atoms with Crippen molar-refractivity contribution in [3.05, 3.63) is 35.4 Å². The molecule has 7 nitrogen and oxygen atoms in total. The minimum Gasteiger partial charge on any atom is -0.480 e. The van der Waals surface area contributed by atoms with E-state index >= 15 is 0 Å². The average molecular weight is 368 g/mol. The number of hydrogen-bond acceptors (Lipinski definition) is 5. The van der Waals surface area contributed by atoms with Crippen LogP contribution < -0.4 is 11.1 Å². The van der Waals surface area contributed by atoms with Crippen molar-refractivity contribution in [2.75, 3.05) is 5.75 Å². The number of carboxylic acid groups (broad SMARTS) is 1. The van der Waals surface area contributed by atoms with Crippen LogP contribution in [0.5, 0.6) is 0 Å². The first-order valence-electron chi connectivity index (χ1n) is 7.77. The predicted octanol–water partition coefficient (Wildman–Crippen LogP) is 2.39. The van der Waals surface area contributed by atoms with Gasteiger partial charge in [-0.2, -0.15) is 11.8 Å². The van der Waals surface area contributed by atoms with Gasteiger partial charge in [0.1, 0.15) is 11.6 Å². The van der Waals surface area contributed by atoms with E-state index in [0.717, 1.165) is 5.56 Å². The molecule has 1 aromatic carbocycles. The van der Waals surface area contributed by atoms with E-state index in [2.05, 4.69) is 5.32 Å². The number of carboxylic acids is 1. The summed E-state index contributed by atoms with van der Waals surface area (Å²) >= 11 is 1.51. The summed E-state index contributed by atoms with van der Waals surface area (Å²) in [7, 11) is 0. The quantitative estimate of drug-likeness (QED) is 0.606. The molecular formula is C17H24N2O5S. The number of carbonyl (C=O) groups is 3. The van der Waals surface area contributed by atoms with Crippen molar-refractivity contribution in [1.29, 1.82) is 0 Å². The van der Waals surface area contributed by atoms with Crippen LogP contribution in [0.1, 0.15) is 43.1 Å². The second kappa shape index (κ2) is 9.31. The highest BCUT2D eigenvalue weighted by atomic mass is 32.2. The number of carbonyl (C=O) groups excluding carboxylic acids is 2. The maximum absolute atomic E-state index is 11.7. The zero-order valence-electron chi connectivity index (χ0n) is 14.6. The Labute approximate surface area is 151 Å². The van der Waals surface area contributed by atoms with Gasteiger partial charge in [0.15, 0.2) is 0 Å². The summed E-state index contributed by atoms with van der Waals surface area (Å²) in [4.78, 5) is 34.1. The molecule has 4 N–H and O–H groups in total. The maximum atomic E-state index is 11.7. The molecule has 0 saturated heterocycles. The lowest BCUT2D eigenvalue weighted by molar-refractivity contribution is -0.139. The normalized spacial score (nSPS) is 12.3. The lowest BCUT2D eigenvalue weighted by atomic mass is 10.1. The molecule has 0 aromatic heterocycles. The number of ether oxygens (including phenoxy) is 1. The minimum atomic E-state index is -1.11. The number of thioether (sulfide) groups is 1. The van der Waals surface area contributed by atoms with Crippen LogP contribution in [-0.2, 0) is 15.3 Å². The van der Waals surface area contributed by atoms with E-state index in [1.807, 2.05) is 6.07 Å². The number of rotatable bonds is 8. The van der Waals surface area contributed by atoms with Crippen LogP contribution in [0, 0.1) is 0 Å². The van der Waals surface area contributed by atoms with Crippen molar-refractivity contribution >= 4 is 29.7 Å². The lowest BCUT2D eigenvalue weighted by Gasteiger charge is -2.21. The second-order valence-electron chi connectivity index (χ2n) is 6.44. The number of aliphatic carboxylic acids is 1. The largest absolute Gasteiger partial charge is 0.480 e. The first-order chi connectivity index (χ1) is 11.6. The van der Waals surface area contributed by atoms with E-state index in [-0.39, 0.29) is 6.42 Å². The molecule has 0 spiro atoms. The molecule has 138 valence electrons. The number of primary amides is 1. The van der Waals surface area contributed by atoms with E-state index in [4.69, 9.17) is 10.5 Å². The summed E-state index contributed by atoms with van der Waals surface area (Å²) in [6.45, 7) is 5.12. The average Bonchev–Trinajstić information content (AvgIpc) is 2.48. The van der Waals surface area contributed by atoms with Crippen molar-refractivity contribution in [3.63, 3.8) is 0 Å². The molecule has 0 fully saturated rings. The maximum Gasteiger partial charge on any atom is 0.408 e. The fourth-order valence-electron chi connectivity index (χ4n) is 1.91. The van der Waals surface area contributed by atoms with E-state index in [1.54, 1.807) is 39.0 Å². The van der Waals surface area contributed by atoms with E-state index in [1.165, 1.54) is 11.8 Å². The predicted molar refractivity (Wildman–Crippen MR) is 96.5 cm³/mol. The number of amides is 2. The van der Waals surface area contributed by atoms with E-state index < -0.39 is 29.6 Å². The third kappa shape index (κ3) is 8.44. The van der Waals surface area contributed by atoms with Crippen LogP contribution in [0.3, 0.4) is 0 Å². The van der Waals surface area contributed by atoms with Crippen LogP contribution in [-0.4, -0.2) is 40.5 Å². The monoisotopic (exact) mass is 368 g/mol. The smallest absolute Gasteiger partial charge is 0.408 e. The van der Waals surface area contributed by atoms with Gasteiger partial charge in [0.25, 0.3) is 0 Å². The molecular weight excluding hydrogens is 344 g/mol. The number of hydrogen-bond donors (Lipinski definition) is 3. The molecule has 0 heterocycles. The van der Waals surface area contributed by atoms with Crippen molar-refractivity contribution in [2.24, 2.45) is 5.73 Å². The highest BCUT2D eigenvalue weighted by Gasteiger charge is 2.23. The summed E-state index contributed by atoms with van der Waals surface area (Å²) in [5.41, 5.74) is 5.91. The van der Waals surface area contributed by atoms with Gasteiger partial charge in [-0.15, -0.1) is 0 Å². The van der Waals surface area contributed by atoms with Gasteiger partial charge in [-0.1, -0.05) is 12.1 Å². The molecule has 0 saturated carbocycles. The van der Waals surface area contributed by atoms with Gasteiger partial charge in [-0.05, 0) is 50.6 Å². The van der Waals surface area contributed by atoms with Gasteiger partial charge in [0.2, 0.25) is 5.91 Å². The molecule has 1 atom stereocenters. The number of alkyl carbamates (subject to hydrolysis) is 1. The summed E-state index contributed by atoms with van der Waals surface area (Å²) in [6.07, 6.45) is -0.492. The van der Waals surface area contributed by atoms with E-state index in [9.17, 15) is 19.5 Å². The Morgan fingerprint density at radius 2 is 2.00 bits per heavy atom. The fraction of sp³-hybridized carbons (Fsp3) is 0.471. The van der Waals surface area contributed by atoms with E-state index in [0.29, 0.717) is 17.1 Å². The Balaban J connectivity index is 2.45. The standard InChI is InChI=1S/C17H24N2O5S/c1-17(2,3)24-16(23)19-13(15(21)22)7-8-25-10-11-5-4-6-12(9-11)14(18)20/h4-6,9,13H,7-8,10H2,1-3H3,(H2,18,20)(H,19,23)(H,21,22). The van der Waals surface area contributed by atoms with Gasteiger partial charge in [-0.25, -0.2) is 9.59 Å². The molecule has 25 heavy (non-hydrogen) atoms. The molecule has 1 rings (SSSR count). The summed E-state index contributed by atoms with van der Waals surface area (Å²) < 4.78 is 5.07. The van der Waals surface area contributed by atoms with Gasteiger partial charge in [0, 0.05) is 11.3 Å². The summed E-state index contributed by atoms with van der Waals surface area (Å²) in [5, 5.41) is 11.6. The van der Waals surface area contributed by atoms with Crippen molar-refractivity contribution in [3.8, 4) is 0 Å². The van der Waals surface area contributed by atoms with Gasteiger partial charge in [0.05, 0.1) is 0 Å². The topological polar surface area (TPSA) is 119 Å². The molecule has 0 aliphatic carbocycles. The molecule has 2 amide bonds. The molecule has 1 aromatic rings. The Kier molecular flexibility index (Phi) is 7.76. The first-order valence-corrected chi connectivity index (χ1v) is 8.93. The molecule has 0 radical (unpaired) electrons. The van der Waals surface area contributed by atoms with Crippen molar-refractivity contribution in [2.45, 2.75) is 44.6 Å². The Morgan fingerprint density at radius 1 is 1.32 bits per heavy atom. The molecule has 0 aliphatic heterocycles. The first kappa shape index (κ1) is 20.8. The molecule has 8 heteroatoms. The van der Waals surface area contributed by atoms with Gasteiger partial charge < -0.3 is 20.9 Å². The molecule has 0 bridgehead atoms. The van der Waals surface area contributed by atoms with Crippen LogP contribution in [0.15, 0.2) is 24.3 Å². The SMILES string of the molecule is CC(C)(C)OC(=O)NC(CCSCc1cccc(C(N)=O)c1)C(=O)O. The third-order valence-corrected chi connectivity index (χ3v) is 4.08. The summed E-state index contributed by atoms with van der Waals surface area (Å²) in [5.74, 6) is -0.463.